The lowest BCUT2D eigenvalue weighted by Gasteiger charge is -2.32. The van der Waals surface area contributed by atoms with E-state index in [-0.39, 0.29) is 0 Å². The summed E-state index contributed by atoms with van der Waals surface area (Å²) in [6, 6.07) is 1.99. The number of nitrogens with zero attached hydrogens (tertiary/aromatic N) is 2. The summed E-state index contributed by atoms with van der Waals surface area (Å²) in [7, 11) is 0. The van der Waals surface area contributed by atoms with Crippen LogP contribution in [-0.4, -0.2) is 54.1 Å². The first kappa shape index (κ1) is 11.0. The van der Waals surface area contributed by atoms with Gasteiger partial charge in [-0.15, -0.1) is 0 Å². The van der Waals surface area contributed by atoms with Gasteiger partial charge in [-0.1, -0.05) is 6.42 Å². The zero-order chi connectivity index (χ0) is 11.0. The summed E-state index contributed by atoms with van der Waals surface area (Å²) in [5.74, 6) is 0. The first-order valence-electron chi connectivity index (χ1n) is 7.08. The van der Waals surface area contributed by atoms with Crippen LogP contribution in [-0.2, 0) is 0 Å². The lowest BCUT2D eigenvalue weighted by atomic mass is 10.1. The van der Waals surface area contributed by atoms with Gasteiger partial charge in [0.2, 0.25) is 0 Å². The number of hydrogen-bond acceptors (Lipinski definition) is 3. The molecular formula is C13H25N3. The Labute approximate surface area is 99.0 Å². The Bertz CT molecular complexity index is 243. The SMILES string of the molecule is NC1CCCC1N1CCCN2CCCC2C1. The summed E-state index contributed by atoms with van der Waals surface area (Å²) < 4.78 is 0. The summed E-state index contributed by atoms with van der Waals surface area (Å²) >= 11 is 0. The quantitative estimate of drug-likeness (QED) is 0.721. The minimum absolute atomic E-state index is 0.452. The molecule has 0 bridgehead atoms. The van der Waals surface area contributed by atoms with Crippen LogP contribution in [0.1, 0.15) is 38.5 Å². The van der Waals surface area contributed by atoms with E-state index in [4.69, 9.17) is 5.73 Å². The van der Waals surface area contributed by atoms with Gasteiger partial charge in [0.25, 0.3) is 0 Å². The average Bonchev–Trinajstić information content (AvgIpc) is 2.83. The van der Waals surface area contributed by atoms with Crippen molar-refractivity contribution in [2.75, 3.05) is 26.2 Å². The first-order valence-corrected chi connectivity index (χ1v) is 7.08. The molecule has 92 valence electrons. The standard InChI is InChI=1S/C13H25N3/c14-12-5-1-6-13(12)16-9-3-8-15-7-2-4-11(15)10-16/h11-13H,1-10,14H2. The topological polar surface area (TPSA) is 32.5 Å². The predicted molar refractivity (Wildman–Crippen MR) is 66.4 cm³/mol. The number of nitrogens with two attached hydrogens (primary N) is 1. The maximum absolute atomic E-state index is 6.24. The van der Waals surface area contributed by atoms with Crippen molar-refractivity contribution in [3.05, 3.63) is 0 Å². The molecule has 0 aromatic carbocycles. The van der Waals surface area contributed by atoms with Gasteiger partial charge in [0.1, 0.15) is 0 Å². The molecule has 2 N–H and O–H groups in total. The fraction of sp³-hybridized carbons (Fsp3) is 1.00. The molecule has 3 fully saturated rings. The smallest absolute Gasteiger partial charge is 0.0247 e. The molecule has 1 aliphatic carbocycles. The van der Waals surface area contributed by atoms with Crippen LogP contribution in [0.2, 0.25) is 0 Å². The molecule has 0 aromatic heterocycles. The number of rotatable bonds is 1. The monoisotopic (exact) mass is 223 g/mol. The van der Waals surface area contributed by atoms with E-state index in [2.05, 4.69) is 9.80 Å². The van der Waals surface area contributed by atoms with Crippen LogP contribution in [0.5, 0.6) is 0 Å². The highest BCUT2D eigenvalue weighted by Gasteiger charge is 2.35. The molecule has 0 radical (unpaired) electrons. The normalized spacial score (nSPS) is 42.2. The van der Waals surface area contributed by atoms with Gasteiger partial charge in [-0.05, 0) is 51.7 Å². The van der Waals surface area contributed by atoms with Gasteiger partial charge < -0.3 is 5.73 Å². The van der Waals surface area contributed by atoms with Crippen molar-refractivity contribution in [1.29, 1.82) is 0 Å². The van der Waals surface area contributed by atoms with Crippen LogP contribution in [0.4, 0.5) is 0 Å². The van der Waals surface area contributed by atoms with E-state index in [1.54, 1.807) is 0 Å². The van der Waals surface area contributed by atoms with Crippen LogP contribution in [0, 0.1) is 0 Å². The zero-order valence-corrected chi connectivity index (χ0v) is 10.3. The fourth-order valence-corrected chi connectivity index (χ4v) is 3.96. The summed E-state index contributed by atoms with van der Waals surface area (Å²) in [5, 5.41) is 0. The molecule has 3 rings (SSSR count). The van der Waals surface area contributed by atoms with Crippen LogP contribution >= 0.6 is 0 Å². The molecule has 2 aliphatic heterocycles. The molecule has 3 aliphatic rings. The van der Waals surface area contributed by atoms with Crippen LogP contribution in [0.25, 0.3) is 0 Å². The molecule has 0 aromatic rings. The molecule has 16 heavy (non-hydrogen) atoms. The van der Waals surface area contributed by atoms with Crippen molar-refractivity contribution < 1.29 is 0 Å². The average molecular weight is 223 g/mol. The van der Waals surface area contributed by atoms with E-state index < -0.39 is 0 Å². The summed E-state index contributed by atoms with van der Waals surface area (Å²) in [6.07, 6.45) is 8.10. The van der Waals surface area contributed by atoms with Gasteiger partial charge in [0.15, 0.2) is 0 Å². The van der Waals surface area contributed by atoms with Crippen LogP contribution < -0.4 is 5.73 Å². The molecule has 0 spiro atoms. The van der Waals surface area contributed by atoms with Crippen molar-refractivity contribution in [3.8, 4) is 0 Å². The first-order chi connectivity index (χ1) is 7.84. The summed E-state index contributed by atoms with van der Waals surface area (Å²) in [5.41, 5.74) is 6.24. The Kier molecular flexibility index (Phi) is 3.18. The lowest BCUT2D eigenvalue weighted by Crippen LogP contribution is -2.47. The van der Waals surface area contributed by atoms with Gasteiger partial charge in [0.05, 0.1) is 0 Å². The number of fused-ring (bicyclic) bond motifs is 1. The highest BCUT2D eigenvalue weighted by molar-refractivity contribution is 4.93. The van der Waals surface area contributed by atoms with E-state index >= 15 is 0 Å². The third-order valence-electron chi connectivity index (χ3n) is 4.84. The van der Waals surface area contributed by atoms with Crippen molar-refractivity contribution >= 4 is 0 Å². The van der Waals surface area contributed by atoms with Crippen molar-refractivity contribution in [2.45, 2.75) is 56.7 Å². The third kappa shape index (κ3) is 2.01. The Balaban J connectivity index is 1.66. The molecule has 3 unspecified atom stereocenters. The number of hydrogen-bond donors (Lipinski definition) is 1. The van der Waals surface area contributed by atoms with Gasteiger partial charge in [-0.3, -0.25) is 9.80 Å². The minimum Gasteiger partial charge on any atom is -0.326 e. The summed E-state index contributed by atoms with van der Waals surface area (Å²) in [6.45, 7) is 5.24. The molecule has 3 atom stereocenters. The van der Waals surface area contributed by atoms with Gasteiger partial charge in [-0.25, -0.2) is 0 Å². The van der Waals surface area contributed by atoms with Gasteiger partial charge in [-0.2, -0.15) is 0 Å². The highest BCUT2D eigenvalue weighted by atomic mass is 15.3. The van der Waals surface area contributed by atoms with Crippen LogP contribution in [0.15, 0.2) is 0 Å². The summed E-state index contributed by atoms with van der Waals surface area (Å²) in [4.78, 5) is 5.42. The predicted octanol–water partition coefficient (Wildman–Crippen LogP) is 1.04. The van der Waals surface area contributed by atoms with E-state index in [0.29, 0.717) is 12.1 Å². The van der Waals surface area contributed by atoms with E-state index in [0.717, 1.165) is 6.04 Å². The Hall–Kier alpha value is -0.120. The molecule has 3 nitrogen and oxygen atoms in total. The van der Waals surface area contributed by atoms with E-state index in [1.807, 2.05) is 0 Å². The zero-order valence-electron chi connectivity index (χ0n) is 10.3. The Morgan fingerprint density at radius 2 is 1.62 bits per heavy atom. The largest absolute Gasteiger partial charge is 0.326 e. The third-order valence-corrected chi connectivity index (χ3v) is 4.84. The maximum atomic E-state index is 6.24. The lowest BCUT2D eigenvalue weighted by molar-refractivity contribution is 0.164. The van der Waals surface area contributed by atoms with E-state index in [9.17, 15) is 0 Å². The second-order valence-corrected chi connectivity index (χ2v) is 5.84. The van der Waals surface area contributed by atoms with Gasteiger partial charge >= 0.3 is 0 Å². The molecular weight excluding hydrogens is 198 g/mol. The Morgan fingerprint density at radius 1 is 0.812 bits per heavy atom. The van der Waals surface area contributed by atoms with Gasteiger partial charge in [0, 0.05) is 24.7 Å². The molecule has 0 amide bonds. The second kappa shape index (κ2) is 4.63. The van der Waals surface area contributed by atoms with Crippen molar-refractivity contribution in [2.24, 2.45) is 5.73 Å². The fourth-order valence-electron chi connectivity index (χ4n) is 3.96. The molecule has 2 heterocycles. The maximum Gasteiger partial charge on any atom is 0.0247 e. The molecule has 2 saturated heterocycles. The second-order valence-electron chi connectivity index (χ2n) is 5.84. The van der Waals surface area contributed by atoms with E-state index in [1.165, 1.54) is 64.7 Å². The van der Waals surface area contributed by atoms with Crippen LogP contribution in [0.3, 0.4) is 0 Å². The molecule has 1 saturated carbocycles. The minimum atomic E-state index is 0.452. The highest BCUT2D eigenvalue weighted by Crippen LogP contribution is 2.27. The Morgan fingerprint density at radius 3 is 2.44 bits per heavy atom. The van der Waals surface area contributed by atoms with Crippen molar-refractivity contribution in [1.82, 2.24) is 9.80 Å². The molecule has 3 heteroatoms. The van der Waals surface area contributed by atoms with Crippen molar-refractivity contribution in [3.63, 3.8) is 0 Å².